The summed E-state index contributed by atoms with van der Waals surface area (Å²) in [4.78, 5) is 4.33. The van der Waals surface area contributed by atoms with Crippen molar-refractivity contribution < 1.29 is 5.11 Å². The van der Waals surface area contributed by atoms with E-state index in [1.165, 1.54) is 0 Å². The third kappa shape index (κ3) is 3.77. The zero-order chi connectivity index (χ0) is 12.1. The maximum atomic E-state index is 9.52. The lowest BCUT2D eigenvalue weighted by atomic mass is 10.2. The minimum atomic E-state index is -0.338. The molecule has 0 aliphatic carbocycles. The Bertz CT molecular complexity index is 303. The van der Waals surface area contributed by atoms with Crippen LogP contribution in [-0.2, 0) is 0 Å². The van der Waals surface area contributed by atoms with E-state index in [0.29, 0.717) is 0 Å². The number of thioether (sulfide) groups is 1. The summed E-state index contributed by atoms with van der Waals surface area (Å²) in [5.74, 6) is 0. The largest absolute Gasteiger partial charge is 0.392 e. The minimum Gasteiger partial charge on any atom is -0.392 e. The lowest BCUT2D eigenvalue weighted by Gasteiger charge is -2.24. The van der Waals surface area contributed by atoms with Crippen LogP contribution in [-0.4, -0.2) is 27.5 Å². The molecule has 1 heterocycles. The second-order valence-electron chi connectivity index (χ2n) is 4.12. The topological polar surface area (TPSA) is 59.1 Å². The van der Waals surface area contributed by atoms with Gasteiger partial charge in [-0.3, -0.25) is 4.98 Å². The van der Waals surface area contributed by atoms with Gasteiger partial charge in [-0.2, -0.15) is 0 Å². The van der Waals surface area contributed by atoms with E-state index in [2.05, 4.69) is 4.98 Å². The molecular formula is C12H20N2OS. The van der Waals surface area contributed by atoms with Gasteiger partial charge in [0, 0.05) is 17.5 Å². The first kappa shape index (κ1) is 13.5. The first-order valence-corrected chi connectivity index (χ1v) is 6.46. The summed E-state index contributed by atoms with van der Waals surface area (Å²) in [5.41, 5.74) is 6.96. The van der Waals surface area contributed by atoms with Crippen molar-refractivity contribution in [2.75, 3.05) is 0 Å². The van der Waals surface area contributed by atoms with Gasteiger partial charge in [0.2, 0.25) is 0 Å². The summed E-state index contributed by atoms with van der Waals surface area (Å²) in [6.07, 6.45) is 1.44. The monoisotopic (exact) mass is 240 g/mol. The number of hydrogen-bond acceptors (Lipinski definition) is 4. The Morgan fingerprint density at radius 2 is 2.00 bits per heavy atom. The summed E-state index contributed by atoms with van der Waals surface area (Å²) < 4.78 is 0. The first-order chi connectivity index (χ1) is 7.52. The van der Waals surface area contributed by atoms with Crippen LogP contribution in [0.15, 0.2) is 24.4 Å². The Morgan fingerprint density at radius 1 is 1.31 bits per heavy atom. The fourth-order valence-corrected chi connectivity index (χ4v) is 2.57. The Kier molecular flexibility index (Phi) is 5.25. The second kappa shape index (κ2) is 6.23. The molecule has 4 unspecified atom stereocenters. The molecule has 0 amide bonds. The van der Waals surface area contributed by atoms with Crippen molar-refractivity contribution in [1.82, 2.24) is 4.98 Å². The van der Waals surface area contributed by atoms with Gasteiger partial charge in [-0.1, -0.05) is 13.0 Å². The van der Waals surface area contributed by atoms with Gasteiger partial charge in [-0.15, -0.1) is 11.8 Å². The number of nitrogens with zero attached hydrogens (tertiary/aromatic N) is 1. The molecule has 4 atom stereocenters. The molecule has 16 heavy (non-hydrogen) atoms. The van der Waals surface area contributed by atoms with Crippen LogP contribution >= 0.6 is 11.8 Å². The molecule has 0 radical (unpaired) electrons. The Hall–Kier alpha value is -0.580. The van der Waals surface area contributed by atoms with Crippen molar-refractivity contribution in [3.05, 3.63) is 30.1 Å². The molecule has 0 fully saturated rings. The molecule has 0 aliphatic heterocycles. The normalized spacial score (nSPS) is 18.8. The highest BCUT2D eigenvalue weighted by Gasteiger charge is 2.22. The molecule has 1 aromatic rings. The maximum absolute atomic E-state index is 9.52. The average Bonchev–Trinajstić information content (AvgIpc) is 2.26. The van der Waals surface area contributed by atoms with E-state index in [0.717, 1.165) is 5.69 Å². The van der Waals surface area contributed by atoms with Crippen molar-refractivity contribution >= 4 is 11.8 Å². The highest BCUT2D eigenvalue weighted by molar-refractivity contribution is 8.00. The van der Waals surface area contributed by atoms with Crippen molar-refractivity contribution in [2.45, 2.75) is 43.4 Å². The standard InChI is InChI=1S/C12H20N2OS/c1-8(13)12(16-10(3)9(2)15)11-6-4-5-7-14-11/h4-10,12,15H,13H2,1-3H3. The summed E-state index contributed by atoms with van der Waals surface area (Å²) in [7, 11) is 0. The lowest BCUT2D eigenvalue weighted by molar-refractivity contribution is 0.196. The maximum Gasteiger partial charge on any atom is 0.0628 e. The fraction of sp³-hybridized carbons (Fsp3) is 0.583. The van der Waals surface area contributed by atoms with Crippen molar-refractivity contribution in [2.24, 2.45) is 5.73 Å². The predicted molar refractivity (Wildman–Crippen MR) is 69.4 cm³/mol. The van der Waals surface area contributed by atoms with Crippen LogP contribution in [0.4, 0.5) is 0 Å². The highest BCUT2D eigenvalue weighted by Crippen LogP contribution is 2.34. The van der Waals surface area contributed by atoms with E-state index < -0.39 is 0 Å². The lowest BCUT2D eigenvalue weighted by Crippen LogP contribution is -2.27. The molecule has 1 rings (SSSR count). The SMILES string of the molecule is CC(N)C(SC(C)C(C)O)c1ccccn1. The van der Waals surface area contributed by atoms with Crippen molar-refractivity contribution in [3.8, 4) is 0 Å². The highest BCUT2D eigenvalue weighted by atomic mass is 32.2. The van der Waals surface area contributed by atoms with E-state index in [4.69, 9.17) is 5.73 Å². The number of aromatic nitrogens is 1. The molecular weight excluding hydrogens is 220 g/mol. The zero-order valence-corrected chi connectivity index (χ0v) is 10.8. The summed E-state index contributed by atoms with van der Waals surface area (Å²) in [5, 5.41) is 9.80. The van der Waals surface area contributed by atoms with E-state index >= 15 is 0 Å². The molecule has 0 aromatic carbocycles. The Balaban J connectivity index is 2.77. The first-order valence-electron chi connectivity index (χ1n) is 5.52. The molecule has 0 bridgehead atoms. The molecule has 0 saturated carbocycles. The Morgan fingerprint density at radius 3 is 2.44 bits per heavy atom. The van der Waals surface area contributed by atoms with Gasteiger partial charge < -0.3 is 10.8 Å². The number of hydrogen-bond donors (Lipinski definition) is 2. The quantitative estimate of drug-likeness (QED) is 0.826. The van der Waals surface area contributed by atoms with Crippen LogP contribution < -0.4 is 5.73 Å². The van der Waals surface area contributed by atoms with Crippen LogP contribution in [0.1, 0.15) is 31.7 Å². The molecule has 0 aliphatic rings. The third-order valence-corrected chi connectivity index (χ3v) is 4.28. The fourth-order valence-electron chi connectivity index (χ4n) is 1.35. The van der Waals surface area contributed by atoms with Gasteiger partial charge in [-0.05, 0) is 26.0 Å². The Labute approximate surface area is 101 Å². The van der Waals surface area contributed by atoms with Gasteiger partial charge in [0.25, 0.3) is 0 Å². The molecule has 1 aromatic heterocycles. The number of rotatable bonds is 5. The van der Waals surface area contributed by atoms with Crippen LogP contribution in [0.25, 0.3) is 0 Å². The van der Waals surface area contributed by atoms with E-state index in [1.54, 1.807) is 24.9 Å². The van der Waals surface area contributed by atoms with Gasteiger partial charge in [-0.25, -0.2) is 0 Å². The minimum absolute atomic E-state index is 0.0149. The third-order valence-electron chi connectivity index (χ3n) is 2.50. The summed E-state index contributed by atoms with van der Waals surface area (Å²) >= 11 is 1.68. The number of nitrogens with two attached hydrogens (primary N) is 1. The molecule has 90 valence electrons. The smallest absolute Gasteiger partial charge is 0.0628 e. The van der Waals surface area contributed by atoms with E-state index in [-0.39, 0.29) is 22.6 Å². The van der Waals surface area contributed by atoms with E-state index in [1.807, 2.05) is 32.0 Å². The number of pyridine rings is 1. The summed E-state index contributed by atoms with van der Waals surface area (Å²) in [6, 6.07) is 5.85. The zero-order valence-electron chi connectivity index (χ0n) is 10.00. The van der Waals surface area contributed by atoms with Crippen molar-refractivity contribution in [3.63, 3.8) is 0 Å². The van der Waals surface area contributed by atoms with Gasteiger partial charge >= 0.3 is 0 Å². The molecule has 3 nitrogen and oxygen atoms in total. The molecule has 0 saturated heterocycles. The van der Waals surface area contributed by atoms with Crippen LogP contribution in [0.3, 0.4) is 0 Å². The second-order valence-corrected chi connectivity index (χ2v) is 5.64. The summed E-state index contributed by atoms with van der Waals surface area (Å²) in [6.45, 7) is 5.78. The molecule has 0 spiro atoms. The van der Waals surface area contributed by atoms with Crippen LogP contribution in [0.2, 0.25) is 0 Å². The predicted octanol–water partition coefficient (Wildman–Crippen LogP) is 1.97. The molecule has 3 N–H and O–H groups in total. The van der Waals surface area contributed by atoms with Gasteiger partial charge in [0.15, 0.2) is 0 Å². The average molecular weight is 240 g/mol. The number of aliphatic hydroxyl groups excluding tert-OH is 1. The van der Waals surface area contributed by atoms with Crippen LogP contribution in [0.5, 0.6) is 0 Å². The van der Waals surface area contributed by atoms with Gasteiger partial charge in [0.1, 0.15) is 0 Å². The van der Waals surface area contributed by atoms with Crippen molar-refractivity contribution in [1.29, 1.82) is 0 Å². The number of aliphatic hydroxyl groups is 1. The van der Waals surface area contributed by atoms with E-state index in [9.17, 15) is 5.11 Å². The molecule has 4 heteroatoms. The van der Waals surface area contributed by atoms with Gasteiger partial charge in [0.05, 0.1) is 17.0 Å². The van der Waals surface area contributed by atoms with Crippen LogP contribution in [0, 0.1) is 0 Å².